The van der Waals surface area contributed by atoms with Crippen LogP contribution in [0.4, 0.5) is 0 Å². The Morgan fingerprint density at radius 2 is 1.89 bits per heavy atom. The number of para-hydroxylation sites is 1. The Labute approximate surface area is 105 Å². The third-order valence-corrected chi connectivity index (χ3v) is 2.95. The van der Waals surface area contributed by atoms with Gasteiger partial charge in [0.25, 0.3) is 0 Å². The fourth-order valence-corrected chi connectivity index (χ4v) is 2.09. The summed E-state index contributed by atoms with van der Waals surface area (Å²) in [5, 5.41) is 11.1. The lowest BCUT2D eigenvalue weighted by Crippen LogP contribution is -2.16. The number of fused-ring (bicyclic) bond motifs is 3. The predicted molar refractivity (Wildman–Crippen MR) is 70.9 cm³/mol. The van der Waals surface area contributed by atoms with E-state index in [2.05, 4.69) is 0 Å². The zero-order chi connectivity index (χ0) is 12.5. The molecule has 0 amide bonds. The lowest BCUT2D eigenvalue weighted by molar-refractivity contribution is 0.131. The summed E-state index contributed by atoms with van der Waals surface area (Å²) < 4.78 is 11.5. The van der Waals surface area contributed by atoms with Gasteiger partial charge in [0, 0.05) is 5.39 Å². The zero-order valence-electron chi connectivity index (χ0n) is 10.1. The van der Waals surface area contributed by atoms with Crippen LogP contribution in [0, 0.1) is 0 Å². The molecule has 1 N–H and O–H groups in total. The van der Waals surface area contributed by atoms with Gasteiger partial charge in [0.2, 0.25) is 0 Å². The van der Waals surface area contributed by atoms with Gasteiger partial charge in [0.1, 0.15) is 23.0 Å². The molecular weight excluding hydrogens is 228 g/mol. The van der Waals surface area contributed by atoms with Crippen LogP contribution in [0.1, 0.15) is 6.92 Å². The second-order valence-electron chi connectivity index (χ2n) is 4.34. The van der Waals surface area contributed by atoms with Gasteiger partial charge < -0.3 is 14.3 Å². The molecule has 3 nitrogen and oxygen atoms in total. The third-order valence-electron chi connectivity index (χ3n) is 2.95. The standard InChI is InChI=1S/C15H14O3/c1-10(9-16)17-13-7-4-8-14-15(13)11-5-2-3-6-12(11)18-14/h2-8,10,16H,9H2,1H3. The van der Waals surface area contributed by atoms with E-state index in [1.807, 2.05) is 49.4 Å². The number of benzene rings is 2. The fraction of sp³-hybridized carbons (Fsp3) is 0.200. The van der Waals surface area contributed by atoms with Gasteiger partial charge in [-0.25, -0.2) is 0 Å². The molecule has 0 spiro atoms. The molecule has 92 valence electrons. The highest BCUT2D eigenvalue weighted by atomic mass is 16.5. The van der Waals surface area contributed by atoms with Crippen LogP contribution in [0.25, 0.3) is 21.9 Å². The van der Waals surface area contributed by atoms with Crippen molar-refractivity contribution in [2.24, 2.45) is 0 Å². The first kappa shape index (κ1) is 11.1. The molecule has 3 aromatic rings. The lowest BCUT2D eigenvalue weighted by atomic mass is 10.1. The van der Waals surface area contributed by atoms with Crippen LogP contribution in [0.15, 0.2) is 46.9 Å². The average Bonchev–Trinajstić information content (AvgIpc) is 2.78. The lowest BCUT2D eigenvalue weighted by Gasteiger charge is -2.12. The summed E-state index contributed by atoms with van der Waals surface area (Å²) in [6.45, 7) is 1.83. The van der Waals surface area contributed by atoms with Gasteiger partial charge in [-0.15, -0.1) is 0 Å². The Bertz CT molecular complexity index is 684. The van der Waals surface area contributed by atoms with E-state index in [9.17, 15) is 0 Å². The molecule has 2 aromatic carbocycles. The Balaban J connectivity index is 2.25. The van der Waals surface area contributed by atoms with Crippen molar-refractivity contribution in [3.63, 3.8) is 0 Å². The average molecular weight is 242 g/mol. The largest absolute Gasteiger partial charge is 0.488 e. The normalized spacial score (nSPS) is 13.0. The van der Waals surface area contributed by atoms with Crippen molar-refractivity contribution in [1.29, 1.82) is 0 Å². The SMILES string of the molecule is CC(CO)Oc1cccc2oc3ccccc3c12. The van der Waals surface area contributed by atoms with Crippen LogP contribution in [0.3, 0.4) is 0 Å². The van der Waals surface area contributed by atoms with Gasteiger partial charge in [-0.05, 0) is 25.1 Å². The molecule has 0 bridgehead atoms. The van der Waals surface area contributed by atoms with E-state index in [4.69, 9.17) is 14.3 Å². The molecule has 0 saturated heterocycles. The van der Waals surface area contributed by atoms with E-state index in [-0.39, 0.29) is 12.7 Å². The van der Waals surface area contributed by atoms with Gasteiger partial charge >= 0.3 is 0 Å². The van der Waals surface area contributed by atoms with E-state index >= 15 is 0 Å². The molecule has 3 heteroatoms. The van der Waals surface area contributed by atoms with Gasteiger partial charge in [-0.3, -0.25) is 0 Å². The van der Waals surface area contributed by atoms with Gasteiger partial charge in [0.05, 0.1) is 12.0 Å². The summed E-state index contributed by atoms with van der Waals surface area (Å²) in [5.74, 6) is 0.749. The monoisotopic (exact) mass is 242 g/mol. The topological polar surface area (TPSA) is 42.6 Å². The van der Waals surface area contributed by atoms with Crippen LogP contribution in [-0.4, -0.2) is 17.8 Å². The minimum Gasteiger partial charge on any atom is -0.488 e. The van der Waals surface area contributed by atoms with Crippen LogP contribution < -0.4 is 4.74 Å². The van der Waals surface area contributed by atoms with Crippen molar-refractivity contribution >= 4 is 21.9 Å². The van der Waals surface area contributed by atoms with E-state index in [1.165, 1.54) is 0 Å². The first-order valence-corrected chi connectivity index (χ1v) is 5.97. The van der Waals surface area contributed by atoms with Crippen molar-refractivity contribution in [2.75, 3.05) is 6.61 Å². The van der Waals surface area contributed by atoms with Crippen LogP contribution >= 0.6 is 0 Å². The van der Waals surface area contributed by atoms with Gasteiger partial charge in [-0.2, -0.15) is 0 Å². The number of furan rings is 1. The van der Waals surface area contributed by atoms with Crippen molar-refractivity contribution in [3.05, 3.63) is 42.5 Å². The van der Waals surface area contributed by atoms with Crippen molar-refractivity contribution in [3.8, 4) is 5.75 Å². The summed E-state index contributed by atoms with van der Waals surface area (Å²) in [5.41, 5.74) is 1.65. The number of aliphatic hydroxyl groups excluding tert-OH is 1. The number of ether oxygens (including phenoxy) is 1. The van der Waals surface area contributed by atoms with Gasteiger partial charge in [-0.1, -0.05) is 24.3 Å². The summed E-state index contributed by atoms with van der Waals surface area (Å²) in [6, 6.07) is 13.6. The molecule has 1 aromatic heterocycles. The molecule has 0 saturated carbocycles. The quantitative estimate of drug-likeness (QED) is 0.765. The molecule has 0 aliphatic rings. The number of hydrogen-bond acceptors (Lipinski definition) is 3. The minimum absolute atomic E-state index is 0.00777. The third kappa shape index (κ3) is 1.73. The number of hydrogen-bond donors (Lipinski definition) is 1. The predicted octanol–water partition coefficient (Wildman–Crippen LogP) is 3.35. The minimum atomic E-state index is -0.232. The highest BCUT2D eigenvalue weighted by molar-refractivity contribution is 6.08. The second kappa shape index (κ2) is 4.35. The second-order valence-corrected chi connectivity index (χ2v) is 4.34. The van der Waals surface area contributed by atoms with Crippen molar-refractivity contribution in [1.82, 2.24) is 0 Å². The fourth-order valence-electron chi connectivity index (χ4n) is 2.09. The molecule has 1 unspecified atom stereocenters. The maximum absolute atomic E-state index is 9.08. The molecule has 1 atom stereocenters. The van der Waals surface area contributed by atoms with Crippen LogP contribution in [0.5, 0.6) is 5.75 Å². The Hall–Kier alpha value is -2.00. The molecule has 3 rings (SSSR count). The highest BCUT2D eigenvalue weighted by Gasteiger charge is 2.12. The number of rotatable bonds is 3. The molecule has 18 heavy (non-hydrogen) atoms. The Kier molecular flexibility index (Phi) is 2.68. The molecule has 0 aliphatic carbocycles. The van der Waals surface area contributed by atoms with Crippen LogP contribution in [0.2, 0.25) is 0 Å². The summed E-state index contributed by atoms with van der Waals surface area (Å²) in [4.78, 5) is 0. The number of aliphatic hydroxyl groups is 1. The first-order valence-electron chi connectivity index (χ1n) is 5.97. The van der Waals surface area contributed by atoms with Crippen molar-refractivity contribution < 1.29 is 14.3 Å². The molecular formula is C15H14O3. The molecule has 0 fully saturated rings. The summed E-state index contributed by atoms with van der Waals surface area (Å²) in [7, 11) is 0. The van der Waals surface area contributed by atoms with E-state index in [0.717, 1.165) is 27.7 Å². The maximum Gasteiger partial charge on any atom is 0.139 e. The van der Waals surface area contributed by atoms with Crippen LogP contribution in [-0.2, 0) is 0 Å². The smallest absolute Gasteiger partial charge is 0.139 e. The molecule has 0 aliphatic heterocycles. The van der Waals surface area contributed by atoms with Gasteiger partial charge in [0.15, 0.2) is 0 Å². The van der Waals surface area contributed by atoms with E-state index in [0.29, 0.717) is 0 Å². The Morgan fingerprint density at radius 1 is 1.11 bits per heavy atom. The van der Waals surface area contributed by atoms with E-state index < -0.39 is 0 Å². The van der Waals surface area contributed by atoms with Crippen molar-refractivity contribution in [2.45, 2.75) is 13.0 Å². The molecule has 0 radical (unpaired) electrons. The first-order chi connectivity index (χ1) is 8.79. The maximum atomic E-state index is 9.08. The van der Waals surface area contributed by atoms with E-state index in [1.54, 1.807) is 0 Å². The summed E-state index contributed by atoms with van der Waals surface area (Å²) >= 11 is 0. The highest BCUT2D eigenvalue weighted by Crippen LogP contribution is 2.35. The Morgan fingerprint density at radius 3 is 2.72 bits per heavy atom. The zero-order valence-corrected chi connectivity index (χ0v) is 10.1. The summed E-state index contributed by atoms with van der Waals surface area (Å²) in [6.07, 6.45) is -0.232. The molecule has 1 heterocycles.